The van der Waals surface area contributed by atoms with E-state index in [4.69, 9.17) is 10.5 Å². The van der Waals surface area contributed by atoms with Gasteiger partial charge < -0.3 is 15.4 Å². The van der Waals surface area contributed by atoms with Gasteiger partial charge >= 0.3 is 0 Å². The fourth-order valence-corrected chi connectivity index (χ4v) is 1.93. The van der Waals surface area contributed by atoms with Gasteiger partial charge in [-0.15, -0.1) is 0 Å². The summed E-state index contributed by atoms with van der Waals surface area (Å²) in [7, 11) is 1.61. The highest BCUT2D eigenvalue weighted by Gasteiger charge is 2.25. The van der Waals surface area contributed by atoms with E-state index in [-0.39, 0.29) is 0 Å². The third-order valence-electron chi connectivity index (χ3n) is 2.73. The molecule has 1 saturated heterocycles. The zero-order valence-electron chi connectivity index (χ0n) is 8.89. The summed E-state index contributed by atoms with van der Waals surface area (Å²) >= 11 is 0. The lowest BCUT2D eigenvalue weighted by molar-refractivity contribution is 0.396. The van der Waals surface area contributed by atoms with Crippen LogP contribution in [0.1, 0.15) is 12.8 Å². The van der Waals surface area contributed by atoms with Crippen LogP contribution in [0, 0.1) is 0 Å². The number of anilines is 1. The molecule has 15 heavy (non-hydrogen) atoms. The van der Waals surface area contributed by atoms with E-state index in [2.05, 4.69) is 14.9 Å². The minimum absolute atomic E-state index is 0.372. The molecule has 0 aliphatic carbocycles. The zero-order chi connectivity index (χ0) is 10.7. The zero-order valence-corrected chi connectivity index (χ0v) is 8.89. The molecule has 2 N–H and O–H groups in total. The van der Waals surface area contributed by atoms with Gasteiger partial charge in [-0.25, -0.2) is 4.98 Å². The molecule has 1 aliphatic rings. The van der Waals surface area contributed by atoms with Crippen LogP contribution in [0.2, 0.25) is 0 Å². The molecule has 5 nitrogen and oxygen atoms in total. The normalized spacial score (nSPS) is 20.7. The standard InChI is InChI=1S/C10H16N4O/c1-15-9-4-5-12-10(13-9)14-6-2-3-8(14)7-11/h4-5,8H,2-3,6-7,11H2,1H3. The minimum atomic E-state index is 0.372. The number of ether oxygens (including phenoxy) is 1. The van der Waals surface area contributed by atoms with E-state index >= 15 is 0 Å². The molecular weight excluding hydrogens is 192 g/mol. The monoisotopic (exact) mass is 208 g/mol. The average Bonchev–Trinajstić information content (AvgIpc) is 2.77. The van der Waals surface area contributed by atoms with Gasteiger partial charge in [-0.3, -0.25) is 0 Å². The van der Waals surface area contributed by atoms with Crippen LogP contribution in [0.15, 0.2) is 12.3 Å². The summed E-state index contributed by atoms with van der Waals surface area (Å²) in [5, 5.41) is 0. The number of aromatic nitrogens is 2. The Labute approximate surface area is 89.3 Å². The van der Waals surface area contributed by atoms with Gasteiger partial charge in [0.25, 0.3) is 0 Å². The first kappa shape index (κ1) is 10.2. The molecule has 0 bridgehead atoms. The molecule has 0 aromatic carbocycles. The fourth-order valence-electron chi connectivity index (χ4n) is 1.93. The summed E-state index contributed by atoms with van der Waals surface area (Å²) in [5.74, 6) is 1.32. The second-order valence-corrected chi connectivity index (χ2v) is 3.62. The molecule has 1 unspecified atom stereocenters. The Kier molecular flexibility index (Phi) is 3.01. The highest BCUT2D eigenvalue weighted by atomic mass is 16.5. The molecule has 82 valence electrons. The van der Waals surface area contributed by atoms with E-state index in [1.54, 1.807) is 19.4 Å². The van der Waals surface area contributed by atoms with E-state index in [0.29, 0.717) is 18.5 Å². The maximum atomic E-state index is 5.70. The van der Waals surface area contributed by atoms with Crippen molar-refractivity contribution >= 4 is 5.95 Å². The molecule has 2 rings (SSSR count). The van der Waals surface area contributed by atoms with E-state index in [9.17, 15) is 0 Å². The predicted octanol–water partition coefficient (Wildman–Crippen LogP) is 0.413. The first-order valence-electron chi connectivity index (χ1n) is 5.19. The molecule has 1 aliphatic heterocycles. The first-order valence-corrected chi connectivity index (χ1v) is 5.19. The van der Waals surface area contributed by atoms with Crippen molar-refractivity contribution in [3.8, 4) is 5.88 Å². The summed E-state index contributed by atoms with van der Waals surface area (Å²) in [6, 6.07) is 2.12. The van der Waals surface area contributed by atoms with Gasteiger partial charge in [-0.05, 0) is 12.8 Å². The Morgan fingerprint density at radius 2 is 2.53 bits per heavy atom. The maximum absolute atomic E-state index is 5.70. The number of methoxy groups -OCH3 is 1. The Balaban J connectivity index is 2.20. The van der Waals surface area contributed by atoms with Crippen LogP contribution in [-0.4, -0.2) is 36.2 Å². The largest absolute Gasteiger partial charge is 0.481 e. The Hall–Kier alpha value is -1.36. The van der Waals surface area contributed by atoms with Crippen molar-refractivity contribution in [3.05, 3.63) is 12.3 Å². The van der Waals surface area contributed by atoms with Crippen LogP contribution < -0.4 is 15.4 Å². The molecule has 0 radical (unpaired) electrons. The van der Waals surface area contributed by atoms with E-state index in [1.807, 2.05) is 0 Å². The van der Waals surface area contributed by atoms with Crippen molar-refractivity contribution in [3.63, 3.8) is 0 Å². The van der Waals surface area contributed by atoms with Gasteiger partial charge in [-0.1, -0.05) is 0 Å². The number of rotatable bonds is 3. The summed E-state index contributed by atoms with van der Waals surface area (Å²) in [6.45, 7) is 1.63. The summed E-state index contributed by atoms with van der Waals surface area (Å²) in [6.07, 6.45) is 3.99. The highest BCUT2D eigenvalue weighted by molar-refractivity contribution is 5.35. The van der Waals surface area contributed by atoms with E-state index < -0.39 is 0 Å². The fraction of sp³-hybridized carbons (Fsp3) is 0.600. The van der Waals surface area contributed by atoms with Gasteiger partial charge in [0, 0.05) is 31.4 Å². The molecule has 1 aromatic heterocycles. The van der Waals surface area contributed by atoms with Gasteiger partial charge in [-0.2, -0.15) is 4.98 Å². The maximum Gasteiger partial charge on any atom is 0.228 e. The minimum Gasteiger partial charge on any atom is -0.481 e. The van der Waals surface area contributed by atoms with Crippen molar-refractivity contribution in [1.82, 2.24) is 9.97 Å². The molecule has 0 spiro atoms. The average molecular weight is 208 g/mol. The predicted molar refractivity (Wildman–Crippen MR) is 58.0 cm³/mol. The molecular formula is C10H16N4O. The number of nitrogens with zero attached hydrogens (tertiary/aromatic N) is 3. The number of hydrogen-bond donors (Lipinski definition) is 1. The molecule has 0 saturated carbocycles. The number of hydrogen-bond acceptors (Lipinski definition) is 5. The van der Waals surface area contributed by atoms with E-state index in [0.717, 1.165) is 25.3 Å². The number of nitrogens with two attached hydrogens (primary N) is 1. The van der Waals surface area contributed by atoms with Gasteiger partial charge in [0.1, 0.15) is 0 Å². The SMILES string of the molecule is COc1ccnc(N2CCCC2CN)n1. The van der Waals surface area contributed by atoms with Gasteiger partial charge in [0.15, 0.2) is 0 Å². The van der Waals surface area contributed by atoms with Crippen LogP contribution >= 0.6 is 0 Å². The van der Waals surface area contributed by atoms with Crippen molar-refractivity contribution in [1.29, 1.82) is 0 Å². The van der Waals surface area contributed by atoms with Crippen LogP contribution in [0.5, 0.6) is 5.88 Å². The quantitative estimate of drug-likeness (QED) is 0.779. The van der Waals surface area contributed by atoms with Gasteiger partial charge in [0.2, 0.25) is 11.8 Å². The Morgan fingerprint density at radius 1 is 1.67 bits per heavy atom. The Bertz CT molecular complexity index is 331. The molecule has 5 heteroatoms. The van der Waals surface area contributed by atoms with Crippen molar-refractivity contribution in [2.24, 2.45) is 5.73 Å². The third kappa shape index (κ3) is 2.02. The van der Waals surface area contributed by atoms with Gasteiger partial charge in [0.05, 0.1) is 7.11 Å². The van der Waals surface area contributed by atoms with Crippen molar-refractivity contribution < 1.29 is 4.74 Å². The van der Waals surface area contributed by atoms with E-state index in [1.165, 1.54) is 0 Å². The Morgan fingerprint density at radius 3 is 3.27 bits per heavy atom. The summed E-state index contributed by atoms with van der Waals surface area (Å²) in [5.41, 5.74) is 5.70. The van der Waals surface area contributed by atoms with Crippen LogP contribution in [-0.2, 0) is 0 Å². The topological polar surface area (TPSA) is 64.3 Å². The molecule has 2 heterocycles. The second kappa shape index (κ2) is 4.44. The molecule has 1 aromatic rings. The lowest BCUT2D eigenvalue weighted by atomic mass is 10.2. The van der Waals surface area contributed by atoms with Crippen LogP contribution in [0.4, 0.5) is 5.95 Å². The lowest BCUT2D eigenvalue weighted by Crippen LogP contribution is -2.36. The van der Waals surface area contributed by atoms with Crippen LogP contribution in [0.25, 0.3) is 0 Å². The van der Waals surface area contributed by atoms with Crippen molar-refractivity contribution in [2.45, 2.75) is 18.9 Å². The lowest BCUT2D eigenvalue weighted by Gasteiger charge is -2.23. The molecule has 0 amide bonds. The first-order chi connectivity index (χ1) is 7.35. The smallest absolute Gasteiger partial charge is 0.228 e. The molecule has 1 atom stereocenters. The van der Waals surface area contributed by atoms with Crippen molar-refractivity contribution in [2.75, 3.05) is 25.1 Å². The highest BCUT2D eigenvalue weighted by Crippen LogP contribution is 2.22. The third-order valence-corrected chi connectivity index (χ3v) is 2.73. The summed E-state index contributed by atoms with van der Waals surface area (Å²) < 4.78 is 5.07. The van der Waals surface area contributed by atoms with Crippen LogP contribution in [0.3, 0.4) is 0 Å². The summed E-state index contributed by atoms with van der Waals surface area (Å²) in [4.78, 5) is 10.7. The molecule has 1 fully saturated rings. The second-order valence-electron chi connectivity index (χ2n) is 3.62.